The lowest BCUT2D eigenvalue weighted by molar-refractivity contribution is -0.137. The standard InChI is InChI=1S/C15H28N2O2S/c1-12(20-11-6-15(3,4)5)14(19)17-9-7-16(8-10-17)13(2)18/h12H,6-11H2,1-5H3/t12-/m0/s1. The Kier molecular flexibility index (Phi) is 6.37. The first-order chi connectivity index (χ1) is 9.20. The minimum atomic E-state index is 0.0150. The normalized spacial score (nSPS) is 18.1. The molecule has 0 aromatic carbocycles. The van der Waals surface area contributed by atoms with Crippen LogP contribution in [0.4, 0.5) is 0 Å². The molecule has 1 saturated heterocycles. The molecule has 0 bridgehead atoms. The van der Waals surface area contributed by atoms with E-state index < -0.39 is 0 Å². The van der Waals surface area contributed by atoms with Crippen molar-refractivity contribution >= 4 is 23.6 Å². The predicted molar refractivity (Wildman–Crippen MR) is 84.8 cm³/mol. The zero-order valence-electron chi connectivity index (χ0n) is 13.4. The van der Waals surface area contributed by atoms with Crippen LogP contribution in [0.25, 0.3) is 0 Å². The molecule has 116 valence electrons. The fraction of sp³-hybridized carbons (Fsp3) is 0.867. The summed E-state index contributed by atoms with van der Waals surface area (Å²) >= 11 is 1.74. The van der Waals surface area contributed by atoms with Gasteiger partial charge in [0, 0.05) is 33.1 Å². The summed E-state index contributed by atoms with van der Waals surface area (Å²) in [6, 6.07) is 0. The number of hydrogen-bond acceptors (Lipinski definition) is 3. The second kappa shape index (κ2) is 7.34. The predicted octanol–water partition coefficient (Wildman–Crippen LogP) is 2.23. The number of rotatable bonds is 4. The van der Waals surface area contributed by atoms with Crippen molar-refractivity contribution in [3.63, 3.8) is 0 Å². The molecule has 0 radical (unpaired) electrons. The van der Waals surface area contributed by atoms with Gasteiger partial charge >= 0.3 is 0 Å². The number of piperazine rings is 1. The molecular formula is C15H28N2O2S. The third kappa shape index (κ3) is 5.73. The van der Waals surface area contributed by atoms with Crippen LogP contribution in [-0.4, -0.2) is 58.8 Å². The van der Waals surface area contributed by atoms with Crippen LogP contribution >= 0.6 is 11.8 Å². The Morgan fingerprint density at radius 1 is 1.10 bits per heavy atom. The fourth-order valence-corrected chi connectivity index (χ4v) is 3.49. The highest BCUT2D eigenvalue weighted by atomic mass is 32.2. The molecule has 20 heavy (non-hydrogen) atoms. The molecule has 0 aromatic heterocycles. The Bertz CT molecular complexity index is 344. The molecule has 0 aromatic rings. The first-order valence-corrected chi connectivity index (χ1v) is 8.41. The second-order valence-corrected chi connectivity index (χ2v) is 8.10. The topological polar surface area (TPSA) is 40.6 Å². The van der Waals surface area contributed by atoms with E-state index in [1.807, 2.05) is 11.8 Å². The van der Waals surface area contributed by atoms with Gasteiger partial charge in [0.05, 0.1) is 5.25 Å². The average molecular weight is 300 g/mol. The lowest BCUT2D eigenvalue weighted by Crippen LogP contribution is -2.51. The molecule has 0 N–H and O–H groups in total. The van der Waals surface area contributed by atoms with Crippen LogP contribution in [0.3, 0.4) is 0 Å². The molecule has 1 fully saturated rings. The van der Waals surface area contributed by atoms with E-state index in [2.05, 4.69) is 20.8 Å². The van der Waals surface area contributed by atoms with Gasteiger partial charge in [-0.25, -0.2) is 0 Å². The van der Waals surface area contributed by atoms with Gasteiger partial charge in [-0.1, -0.05) is 20.8 Å². The summed E-state index contributed by atoms with van der Waals surface area (Å²) in [6.45, 7) is 12.9. The van der Waals surface area contributed by atoms with Crippen molar-refractivity contribution in [1.29, 1.82) is 0 Å². The molecule has 4 nitrogen and oxygen atoms in total. The molecular weight excluding hydrogens is 272 g/mol. The first-order valence-electron chi connectivity index (χ1n) is 7.36. The SMILES string of the molecule is CC(=O)N1CCN(C(=O)[C@H](C)SCCC(C)(C)C)CC1. The second-order valence-electron chi connectivity index (χ2n) is 6.66. The van der Waals surface area contributed by atoms with Crippen LogP contribution in [-0.2, 0) is 9.59 Å². The molecule has 0 spiro atoms. The number of thioether (sulfide) groups is 1. The van der Waals surface area contributed by atoms with Crippen molar-refractivity contribution in [2.45, 2.75) is 46.3 Å². The Hall–Kier alpha value is -0.710. The van der Waals surface area contributed by atoms with Crippen LogP contribution in [0.5, 0.6) is 0 Å². The highest BCUT2D eigenvalue weighted by Gasteiger charge is 2.26. The van der Waals surface area contributed by atoms with Crippen molar-refractivity contribution in [3.8, 4) is 0 Å². The van der Waals surface area contributed by atoms with Gasteiger partial charge in [0.1, 0.15) is 0 Å². The molecule has 1 aliphatic heterocycles. The van der Waals surface area contributed by atoms with Crippen molar-refractivity contribution < 1.29 is 9.59 Å². The third-order valence-electron chi connectivity index (χ3n) is 3.60. The summed E-state index contributed by atoms with van der Waals surface area (Å²) in [6.07, 6.45) is 1.12. The number of nitrogens with zero attached hydrogens (tertiary/aromatic N) is 2. The van der Waals surface area contributed by atoms with Crippen molar-refractivity contribution in [3.05, 3.63) is 0 Å². The molecule has 2 amide bonds. The first kappa shape index (κ1) is 17.3. The van der Waals surface area contributed by atoms with Gasteiger partial charge in [-0.3, -0.25) is 9.59 Å². The van der Waals surface area contributed by atoms with Crippen LogP contribution < -0.4 is 0 Å². The molecule has 1 heterocycles. The fourth-order valence-electron chi connectivity index (χ4n) is 2.11. The van der Waals surface area contributed by atoms with Gasteiger partial charge in [0.2, 0.25) is 11.8 Å². The molecule has 5 heteroatoms. The largest absolute Gasteiger partial charge is 0.339 e. The molecule has 1 atom stereocenters. The zero-order valence-corrected chi connectivity index (χ0v) is 14.3. The summed E-state index contributed by atoms with van der Waals surface area (Å²) in [4.78, 5) is 27.3. The van der Waals surface area contributed by atoms with E-state index in [0.29, 0.717) is 31.6 Å². The summed E-state index contributed by atoms with van der Waals surface area (Å²) in [5, 5.41) is 0.0150. The van der Waals surface area contributed by atoms with E-state index in [-0.39, 0.29) is 17.1 Å². The van der Waals surface area contributed by atoms with E-state index in [1.165, 1.54) is 0 Å². The van der Waals surface area contributed by atoms with Crippen LogP contribution in [0, 0.1) is 5.41 Å². The number of hydrogen-bond donors (Lipinski definition) is 0. The maximum Gasteiger partial charge on any atom is 0.235 e. The summed E-state index contributed by atoms with van der Waals surface area (Å²) in [7, 11) is 0. The Labute approximate surface area is 127 Å². The highest BCUT2D eigenvalue weighted by Crippen LogP contribution is 2.24. The van der Waals surface area contributed by atoms with Gasteiger partial charge in [0.15, 0.2) is 0 Å². The molecule has 0 saturated carbocycles. The van der Waals surface area contributed by atoms with E-state index >= 15 is 0 Å². The van der Waals surface area contributed by atoms with E-state index in [4.69, 9.17) is 0 Å². The van der Waals surface area contributed by atoms with Crippen molar-refractivity contribution in [1.82, 2.24) is 9.80 Å². The lowest BCUT2D eigenvalue weighted by Gasteiger charge is -2.35. The number of amides is 2. The van der Waals surface area contributed by atoms with E-state index in [1.54, 1.807) is 23.6 Å². The van der Waals surface area contributed by atoms with Gasteiger partial charge in [0.25, 0.3) is 0 Å². The number of carbonyl (C=O) groups excluding carboxylic acids is 2. The Morgan fingerprint density at radius 3 is 2.05 bits per heavy atom. The number of carbonyl (C=O) groups is 2. The lowest BCUT2D eigenvalue weighted by atomic mass is 9.94. The molecule has 1 rings (SSSR count). The maximum atomic E-state index is 12.3. The summed E-state index contributed by atoms with van der Waals surface area (Å²) in [5.74, 6) is 1.33. The quantitative estimate of drug-likeness (QED) is 0.799. The van der Waals surface area contributed by atoms with E-state index in [0.717, 1.165) is 12.2 Å². The van der Waals surface area contributed by atoms with Gasteiger partial charge in [-0.2, -0.15) is 0 Å². The monoisotopic (exact) mass is 300 g/mol. The summed E-state index contributed by atoms with van der Waals surface area (Å²) in [5.41, 5.74) is 0.322. The van der Waals surface area contributed by atoms with Crippen molar-refractivity contribution in [2.24, 2.45) is 5.41 Å². The van der Waals surface area contributed by atoms with Gasteiger partial charge in [-0.05, 0) is 24.5 Å². The van der Waals surface area contributed by atoms with Crippen molar-refractivity contribution in [2.75, 3.05) is 31.9 Å². The smallest absolute Gasteiger partial charge is 0.235 e. The van der Waals surface area contributed by atoms with Crippen LogP contribution in [0.15, 0.2) is 0 Å². The third-order valence-corrected chi connectivity index (χ3v) is 4.75. The molecule has 0 unspecified atom stereocenters. The maximum absolute atomic E-state index is 12.3. The van der Waals surface area contributed by atoms with Gasteiger partial charge < -0.3 is 9.80 Å². The Balaban J connectivity index is 2.33. The molecule has 0 aliphatic carbocycles. The van der Waals surface area contributed by atoms with Crippen LogP contribution in [0.2, 0.25) is 0 Å². The van der Waals surface area contributed by atoms with E-state index in [9.17, 15) is 9.59 Å². The summed E-state index contributed by atoms with van der Waals surface area (Å²) < 4.78 is 0. The minimum absolute atomic E-state index is 0.0150. The minimum Gasteiger partial charge on any atom is -0.339 e. The zero-order chi connectivity index (χ0) is 15.3. The molecule has 1 aliphatic rings. The average Bonchev–Trinajstić information content (AvgIpc) is 2.36. The van der Waals surface area contributed by atoms with Gasteiger partial charge in [-0.15, -0.1) is 11.8 Å². The Morgan fingerprint density at radius 2 is 1.60 bits per heavy atom. The van der Waals surface area contributed by atoms with Crippen LogP contribution in [0.1, 0.15) is 41.0 Å². The highest BCUT2D eigenvalue weighted by molar-refractivity contribution is 8.00.